The molecule has 0 fully saturated rings. The molecule has 0 atom stereocenters. The van der Waals surface area contributed by atoms with Gasteiger partial charge in [-0.05, 0) is 30.9 Å². The largest absolute Gasteiger partial charge is 0.0730 e. The highest BCUT2D eigenvalue weighted by Crippen LogP contribution is 2.14. The van der Waals surface area contributed by atoms with Gasteiger partial charge in [-0.15, -0.1) is 0 Å². The van der Waals surface area contributed by atoms with E-state index in [1.54, 1.807) is 0 Å². The Kier molecular flexibility index (Phi) is 3.75. The summed E-state index contributed by atoms with van der Waals surface area (Å²) in [6.07, 6.45) is 4.54. The van der Waals surface area contributed by atoms with E-state index >= 15 is 0 Å². The molecule has 0 amide bonds. The second-order valence-corrected chi connectivity index (χ2v) is 3.40. The zero-order chi connectivity index (χ0) is 9.68. The van der Waals surface area contributed by atoms with Crippen molar-refractivity contribution in [1.82, 2.24) is 0 Å². The molecule has 13 heavy (non-hydrogen) atoms. The zero-order valence-corrected chi connectivity index (χ0v) is 8.80. The summed E-state index contributed by atoms with van der Waals surface area (Å²) in [6.45, 7) is 6.58. The molecule has 0 unspecified atom stereocenters. The normalized spacial score (nSPS) is 11.8. The number of rotatable bonds is 3. The number of aryl methyl sites for hydroxylation is 1. The maximum absolute atomic E-state index is 2.29. The molecule has 0 aliphatic rings. The van der Waals surface area contributed by atoms with Crippen molar-refractivity contribution in [3.05, 3.63) is 41.0 Å². The van der Waals surface area contributed by atoms with E-state index in [4.69, 9.17) is 0 Å². The van der Waals surface area contributed by atoms with Gasteiger partial charge in [0.25, 0.3) is 0 Å². The van der Waals surface area contributed by atoms with E-state index in [1.165, 1.54) is 16.7 Å². The maximum atomic E-state index is 2.29. The molecular formula is C13H18. The summed E-state index contributed by atoms with van der Waals surface area (Å²) >= 11 is 0. The van der Waals surface area contributed by atoms with Crippen molar-refractivity contribution in [3.8, 4) is 0 Å². The van der Waals surface area contributed by atoms with Gasteiger partial charge in [-0.1, -0.05) is 49.8 Å². The van der Waals surface area contributed by atoms with E-state index in [9.17, 15) is 0 Å². The van der Waals surface area contributed by atoms with Crippen molar-refractivity contribution in [3.63, 3.8) is 0 Å². The number of allylic oxidation sites excluding steroid dienone is 1. The molecule has 70 valence electrons. The van der Waals surface area contributed by atoms with Gasteiger partial charge < -0.3 is 0 Å². The molecule has 1 aromatic rings. The fraction of sp³-hybridized carbons (Fsp3) is 0.385. The molecule has 0 radical (unpaired) electrons. The van der Waals surface area contributed by atoms with Crippen LogP contribution in [0.15, 0.2) is 29.8 Å². The van der Waals surface area contributed by atoms with Gasteiger partial charge in [-0.2, -0.15) is 0 Å². The van der Waals surface area contributed by atoms with Gasteiger partial charge in [0.1, 0.15) is 0 Å². The molecule has 0 aliphatic heterocycles. The summed E-state index contributed by atoms with van der Waals surface area (Å²) in [7, 11) is 0. The van der Waals surface area contributed by atoms with Crippen LogP contribution in [-0.2, 0) is 6.42 Å². The van der Waals surface area contributed by atoms with Crippen LogP contribution in [0.25, 0.3) is 6.08 Å². The quantitative estimate of drug-likeness (QED) is 0.648. The minimum atomic E-state index is 1.11. The van der Waals surface area contributed by atoms with E-state index in [2.05, 4.69) is 51.1 Å². The average molecular weight is 174 g/mol. The molecule has 0 bridgehead atoms. The first-order valence-corrected chi connectivity index (χ1v) is 5.03. The second-order valence-electron chi connectivity index (χ2n) is 3.40. The van der Waals surface area contributed by atoms with Crippen molar-refractivity contribution in [2.75, 3.05) is 0 Å². The van der Waals surface area contributed by atoms with Crippen LogP contribution in [0.2, 0.25) is 0 Å². The smallest absolute Gasteiger partial charge is 0.0225 e. The molecular weight excluding hydrogens is 156 g/mol. The molecule has 0 heteroatoms. The predicted octanol–water partition coefficient (Wildman–Crippen LogP) is 4.06. The molecule has 0 aromatic heterocycles. The molecule has 0 heterocycles. The third-order valence-electron chi connectivity index (χ3n) is 2.40. The topological polar surface area (TPSA) is 0 Å². The monoisotopic (exact) mass is 174 g/mol. The van der Waals surface area contributed by atoms with Crippen LogP contribution >= 0.6 is 0 Å². The summed E-state index contributed by atoms with van der Waals surface area (Å²) in [5.74, 6) is 0. The summed E-state index contributed by atoms with van der Waals surface area (Å²) in [5, 5.41) is 0. The fourth-order valence-corrected chi connectivity index (χ4v) is 1.36. The SMILES string of the molecule is CC/C(C)=C/c1ccccc1CC. The zero-order valence-electron chi connectivity index (χ0n) is 8.80. The van der Waals surface area contributed by atoms with Gasteiger partial charge in [0.15, 0.2) is 0 Å². The third kappa shape index (κ3) is 2.73. The Morgan fingerprint density at radius 1 is 1.23 bits per heavy atom. The Balaban J connectivity index is 2.99. The van der Waals surface area contributed by atoms with Crippen molar-refractivity contribution < 1.29 is 0 Å². The highest BCUT2D eigenvalue weighted by atomic mass is 14.0. The van der Waals surface area contributed by atoms with E-state index in [0.29, 0.717) is 0 Å². The van der Waals surface area contributed by atoms with E-state index in [-0.39, 0.29) is 0 Å². The molecule has 0 nitrogen and oxygen atoms in total. The molecule has 1 aromatic carbocycles. The minimum absolute atomic E-state index is 1.11. The summed E-state index contributed by atoms with van der Waals surface area (Å²) in [4.78, 5) is 0. The van der Waals surface area contributed by atoms with Gasteiger partial charge in [0.2, 0.25) is 0 Å². The molecule has 0 aliphatic carbocycles. The maximum Gasteiger partial charge on any atom is -0.0225 e. The third-order valence-corrected chi connectivity index (χ3v) is 2.40. The Hall–Kier alpha value is -1.04. The minimum Gasteiger partial charge on any atom is -0.0730 e. The first kappa shape index (κ1) is 10.0. The Labute approximate surface area is 81.3 Å². The van der Waals surface area contributed by atoms with Crippen LogP contribution in [0.1, 0.15) is 38.3 Å². The standard InChI is InChI=1S/C13H18/c1-4-11(3)10-13-9-7-6-8-12(13)5-2/h6-10H,4-5H2,1-3H3/b11-10+. The van der Waals surface area contributed by atoms with Gasteiger partial charge in [-0.3, -0.25) is 0 Å². The van der Waals surface area contributed by atoms with Crippen LogP contribution < -0.4 is 0 Å². The van der Waals surface area contributed by atoms with E-state index < -0.39 is 0 Å². The van der Waals surface area contributed by atoms with Crippen molar-refractivity contribution >= 4 is 6.08 Å². The van der Waals surface area contributed by atoms with E-state index in [0.717, 1.165) is 12.8 Å². The van der Waals surface area contributed by atoms with Crippen LogP contribution in [0.3, 0.4) is 0 Å². The Bertz CT molecular complexity index is 295. The van der Waals surface area contributed by atoms with Gasteiger partial charge >= 0.3 is 0 Å². The molecule has 0 spiro atoms. The van der Waals surface area contributed by atoms with Gasteiger partial charge in [0, 0.05) is 0 Å². The summed E-state index contributed by atoms with van der Waals surface area (Å²) in [6, 6.07) is 8.61. The van der Waals surface area contributed by atoms with Crippen molar-refractivity contribution in [1.29, 1.82) is 0 Å². The summed E-state index contributed by atoms with van der Waals surface area (Å²) in [5.41, 5.74) is 4.26. The Morgan fingerprint density at radius 3 is 2.54 bits per heavy atom. The van der Waals surface area contributed by atoms with Crippen molar-refractivity contribution in [2.45, 2.75) is 33.6 Å². The number of hydrogen-bond donors (Lipinski definition) is 0. The summed E-state index contributed by atoms with van der Waals surface area (Å²) < 4.78 is 0. The molecule has 0 N–H and O–H groups in total. The van der Waals surface area contributed by atoms with Crippen LogP contribution in [-0.4, -0.2) is 0 Å². The first-order chi connectivity index (χ1) is 6.27. The number of hydrogen-bond acceptors (Lipinski definition) is 0. The lowest BCUT2D eigenvalue weighted by atomic mass is 10.0. The van der Waals surface area contributed by atoms with Gasteiger partial charge in [0.05, 0.1) is 0 Å². The first-order valence-electron chi connectivity index (χ1n) is 5.03. The molecule has 0 saturated heterocycles. The highest BCUT2D eigenvalue weighted by molar-refractivity contribution is 5.56. The lowest BCUT2D eigenvalue weighted by Crippen LogP contribution is -1.85. The lowest BCUT2D eigenvalue weighted by Gasteiger charge is -2.03. The Morgan fingerprint density at radius 2 is 1.92 bits per heavy atom. The molecule has 0 saturated carbocycles. The number of benzene rings is 1. The average Bonchev–Trinajstić information content (AvgIpc) is 2.18. The van der Waals surface area contributed by atoms with Crippen molar-refractivity contribution in [2.24, 2.45) is 0 Å². The van der Waals surface area contributed by atoms with Crippen LogP contribution in [0.5, 0.6) is 0 Å². The van der Waals surface area contributed by atoms with E-state index in [1.807, 2.05) is 0 Å². The fourth-order valence-electron chi connectivity index (χ4n) is 1.36. The highest BCUT2D eigenvalue weighted by Gasteiger charge is 1.95. The lowest BCUT2D eigenvalue weighted by molar-refractivity contribution is 1.10. The molecule has 1 rings (SSSR count). The van der Waals surface area contributed by atoms with Crippen LogP contribution in [0, 0.1) is 0 Å². The predicted molar refractivity (Wildman–Crippen MR) is 59.8 cm³/mol. The second kappa shape index (κ2) is 4.86. The van der Waals surface area contributed by atoms with Gasteiger partial charge in [-0.25, -0.2) is 0 Å². The van der Waals surface area contributed by atoms with Crippen LogP contribution in [0.4, 0.5) is 0 Å².